The Hall–Kier alpha value is -3.49. The molecule has 0 fully saturated rings. The van der Waals surface area contributed by atoms with Crippen LogP contribution in [-0.2, 0) is 0 Å². The van der Waals surface area contributed by atoms with Gasteiger partial charge in [0.15, 0.2) is 0 Å². The van der Waals surface area contributed by atoms with Gasteiger partial charge in [0.1, 0.15) is 11.4 Å². The maximum Gasteiger partial charge on any atom is 0.301 e. The first kappa shape index (κ1) is 22.8. The number of nitro benzene ring substituents is 2. The van der Waals surface area contributed by atoms with Crippen LogP contribution in [-0.4, -0.2) is 22.7 Å². The molecule has 9 nitrogen and oxygen atoms in total. The SMILES string of the molecule is CCCCCCCCOc1ccc(C=NNc2ccc([N+](=O)[O-])cc2[N+](=O)[O-])cc1. The van der Waals surface area contributed by atoms with Crippen molar-refractivity contribution in [3.63, 3.8) is 0 Å². The minimum Gasteiger partial charge on any atom is -0.494 e. The molecule has 0 bridgehead atoms. The highest BCUT2D eigenvalue weighted by molar-refractivity contribution is 5.80. The molecule has 2 aromatic rings. The molecule has 0 atom stereocenters. The van der Waals surface area contributed by atoms with Crippen LogP contribution >= 0.6 is 0 Å². The second-order valence-corrected chi connectivity index (χ2v) is 6.77. The third-order valence-electron chi connectivity index (χ3n) is 4.43. The average molecular weight is 414 g/mol. The Labute approximate surface area is 175 Å². The van der Waals surface area contributed by atoms with Crippen molar-refractivity contribution in [2.75, 3.05) is 12.0 Å². The van der Waals surface area contributed by atoms with Crippen molar-refractivity contribution >= 4 is 23.3 Å². The van der Waals surface area contributed by atoms with Crippen molar-refractivity contribution in [2.24, 2.45) is 5.10 Å². The van der Waals surface area contributed by atoms with Gasteiger partial charge in [-0.25, -0.2) is 0 Å². The lowest BCUT2D eigenvalue weighted by atomic mass is 10.1. The molecule has 0 aliphatic heterocycles. The summed E-state index contributed by atoms with van der Waals surface area (Å²) in [6, 6.07) is 10.7. The molecular weight excluding hydrogens is 388 g/mol. The number of nitrogens with one attached hydrogen (secondary N) is 1. The Morgan fingerprint density at radius 2 is 1.67 bits per heavy atom. The molecule has 0 amide bonds. The number of unbranched alkanes of at least 4 members (excludes halogenated alkanes) is 5. The largest absolute Gasteiger partial charge is 0.494 e. The van der Waals surface area contributed by atoms with Gasteiger partial charge in [0, 0.05) is 6.07 Å². The van der Waals surface area contributed by atoms with Crippen LogP contribution in [0.4, 0.5) is 17.1 Å². The number of benzene rings is 2. The predicted molar refractivity (Wildman–Crippen MR) is 116 cm³/mol. The van der Waals surface area contributed by atoms with E-state index in [4.69, 9.17) is 4.74 Å². The van der Waals surface area contributed by atoms with E-state index in [1.165, 1.54) is 50.5 Å². The highest BCUT2D eigenvalue weighted by atomic mass is 16.6. The quantitative estimate of drug-likeness (QED) is 0.195. The van der Waals surface area contributed by atoms with Gasteiger partial charge in [0.2, 0.25) is 0 Å². The summed E-state index contributed by atoms with van der Waals surface area (Å²) in [5.41, 5.74) is 2.64. The monoisotopic (exact) mass is 414 g/mol. The highest BCUT2D eigenvalue weighted by Gasteiger charge is 2.19. The van der Waals surface area contributed by atoms with E-state index in [-0.39, 0.29) is 11.4 Å². The van der Waals surface area contributed by atoms with Crippen LogP contribution in [0.25, 0.3) is 0 Å². The fraction of sp³-hybridized carbons (Fsp3) is 0.381. The van der Waals surface area contributed by atoms with E-state index in [1.807, 2.05) is 24.3 Å². The van der Waals surface area contributed by atoms with Crippen LogP contribution in [0.1, 0.15) is 51.0 Å². The molecule has 2 aromatic carbocycles. The lowest BCUT2D eigenvalue weighted by Crippen LogP contribution is -1.99. The van der Waals surface area contributed by atoms with E-state index < -0.39 is 15.5 Å². The Kier molecular flexibility index (Phi) is 9.23. The Morgan fingerprint density at radius 3 is 2.33 bits per heavy atom. The van der Waals surface area contributed by atoms with Crippen molar-refractivity contribution in [3.05, 3.63) is 68.3 Å². The molecule has 0 heterocycles. The van der Waals surface area contributed by atoms with Gasteiger partial charge in [0.25, 0.3) is 5.69 Å². The minimum absolute atomic E-state index is 0.0701. The van der Waals surface area contributed by atoms with Gasteiger partial charge < -0.3 is 4.74 Å². The zero-order chi connectivity index (χ0) is 21.8. The summed E-state index contributed by atoms with van der Waals surface area (Å²) in [5.74, 6) is 0.777. The van der Waals surface area contributed by atoms with Gasteiger partial charge in [0.05, 0.1) is 28.7 Å². The molecule has 0 aliphatic rings. The Bertz CT molecular complexity index is 868. The second kappa shape index (κ2) is 12.2. The number of hydrazone groups is 1. The number of anilines is 1. The highest BCUT2D eigenvalue weighted by Crippen LogP contribution is 2.28. The number of hydrogen-bond acceptors (Lipinski definition) is 7. The number of ether oxygens (including phenoxy) is 1. The van der Waals surface area contributed by atoms with Gasteiger partial charge >= 0.3 is 5.69 Å². The van der Waals surface area contributed by atoms with Gasteiger partial charge in [-0.15, -0.1) is 0 Å². The zero-order valence-corrected chi connectivity index (χ0v) is 17.0. The summed E-state index contributed by atoms with van der Waals surface area (Å²) in [6.45, 7) is 2.89. The van der Waals surface area contributed by atoms with E-state index >= 15 is 0 Å². The topological polar surface area (TPSA) is 120 Å². The fourth-order valence-electron chi connectivity index (χ4n) is 2.78. The van der Waals surface area contributed by atoms with E-state index in [0.717, 1.165) is 23.8 Å². The number of hydrogen-bond donors (Lipinski definition) is 1. The standard InChI is InChI=1S/C21H26N4O5/c1-2-3-4-5-6-7-14-30-19-11-8-17(9-12-19)16-22-23-20-13-10-18(24(26)27)15-21(20)25(28)29/h8-13,15-16,23H,2-7,14H2,1H3. The first-order valence-corrected chi connectivity index (χ1v) is 9.96. The number of non-ortho nitro benzene ring substituents is 1. The van der Waals surface area contributed by atoms with E-state index in [2.05, 4.69) is 17.5 Å². The Morgan fingerprint density at radius 1 is 0.967 bits per heavy atom. The third-order valence-corrected chi connectivity index (χ3v) is 4.43. The molecule has 0 spiro atoms. The molecule has 9 heteroatoms. The first-order chi connectivity index (χ1) is 14.5. The maximum atomic E-state index is 11.1. The second-order valence-electron chi connectivity index (χ2n) is 6.77. The summed E-state index contributed by atoms with van der Waals surface area (Å²) in [7, 11) is 0. The van der Waals surface area contributed by atoms with Crippen molar-refractivity contribution in [3.8, 4) is 5.75 Å². The number of rotatable bonds is 13. The van der Waals surface area contributed by atoms with Crippen LogP contribution in [0.2, 0.25) is 0 Å². The summed E-state index contributed by atoms with van der Waals surface area (Å²) >= 11 is 0. The lowest BCUT2D eigenvalue weighted by molar-refractivity contribution is -0.393. The molecule has 0 aliphatic carbocycles. The van der Waals surface area contributed by atoms with E-state index in [1.54, 1.807) is 0 Å². The van der Waals surface area contributed by atoms with Crippen LogP contribution in [0.3, 0.4) is 0 Å². The molecule has 0 unspecified atom stereocenters. The van der Waals surface area contributed by atoms with Crippen LogP contribution in [0, 0.1) is 20.2 Å². The first-order valence-electron chi connectivity index (χ1n) is 9.96. The molecule has 30 heavy (non-hydrogen) atoms. The Balaban J connectivity index is 1.84. The van der Waals surface area contributed by atoms with Crippen molar-refractivity contribution < 1.29 is 14.6 Å². The van der Waals surface area contributed by atoms with Crippen molar-refractivity contribution in [2.45, 2.75) is 45.4 Å². The summed E-state index contributed by atoms with van der Waals surface area (Å²) in [5, 5.41) is 25.9. The van der Waals surface area contributed by atoms with Crippen molar-refractivity contribution in [1.29, 1.82) is 0 Å². The number of nitrogens with zero attached hydrogens (tertiary/aromatic N) is 3. The summed E-state index contributed by atoms with van der Waals surface area (Å²) < 4.78 is 5.72. The zero-order valence-electron chi connectivity index (χ0n) is 17.0. The lowest BCUT2D eigenvalue weighted by Gasteiger charge is -2.06. The van der Waals surface area contributed by atoms with Gasteiger partial charge in [-0.3, -0.25) is 25.7 Å². The maximum absolute atomic E-state index is 11.1. The molecule has 160 valence electrons. The van der Waals surface area contributed by atoms with Gasteiger partial charge in [-0.1, -0.05) is 39.0 Å². The fourth-order valence-corrected chi connectivity index (χ4v) is 2.78. The van der Waals surface area contributed by atoms with Crippen LogP contribution in [0.5, 0.6) is 5.75 Å². The van der Waals surface area contributed by atoms with E-state index in [9.17, 15) is 20.2 Å². The van der Waals surface area contributed by atoms with Gasteiger partial charge in [-0.05, 0) is 42.3 Å². The predicted octanol–water partition coefficient (Wildman–Crippen LogP) is 5.69. The molecule has 1 N–H and O–H groups in total. The summed E-state index contributed by atoms with van der Waals surface area (Å²) in [4.78, 5) is 20.5. The van der Waals surface area contributed by atoms with E-state index in [0.29, 0.717) is 6.61 Å². The van der Waals surface area contributed by atoms with Crippen molar-refractivity contribution in [1.82, 2.24) is 0 Å². The molecule has 0 saturated heterocycles. The molecular formula is C21H26N4O5. The van der Waals surface area contributed by atoms with Gasteiger partial charge in [-0.2, -0.15) is 5.10 Å². The number of nitro groups is 2. The van der Waals surface area contributed by atoms with Crippen LogP contribution < -0.4 is 10.2 Å². The smallest absolute Gasteiger partial charge is 0.301 e. The average Bonchev–Trinajstić information content (AvgIpc) is 2.74. The minimum atomic E-state index is -0.694. The van der Waals surface area contributed by atoms with Crippen LogP contribution in [0.15, 0.2) is 47.6 Å². The molecule has 2 rings (SSSR count). The molecule has 0 aromatic heterocycles. The normalized spacial score (nSPS) is 10.8. The molecule has 0 radical (unpaired) electrons. The summed E-state index contributed by atoms with van der Waals surface area (Å²) in [6.07, 6.45) is 8.76. The molecule has 0 saturated carbocycles. The third kappa shape index (κ3) is 7.50.